The van der Waals surface area contributed by atoms with Gasteiger partial charge in [0.2, 0.25) is 0 Å². The molecule has 1 atom stereocenters. The molecule has 0 bridgehead atoms. The SMILES string of the molecule is CCCn1nccc1C(O)c1cc(Cl)cc(Cl)c1. The maximum atomic E-state index is 10.4. The molecule has 0 spiro atoms. The van der Waals surface area contributed by atoms with Crippen LogP contribution in [0.5, 0.6) is 0 Å². The summed E-state index contributed by atoms with van der Waals surface area (Å²) < 4.78 is 1.79. The van der Waals surface area contributed by atoms with Crippen molar-refractivity contribution >= 4 is 23.2 Å². The first-order valence-electron chi connectivity index (χ1n) is 5.77. The zero-order valence-electron chi connectivity index (χ0n) is 9.98. The number of aliphatic hydroxyl groups excluding tert-OH is 1. The van der Waals surface area contributed by atoms with Crippen molar-refractivity contribution in [2.45, 2.75) is 26.0 Å². The number of aliphatic hydroxyl groups is 1. The summed E-state index contributed by atoms with van der Waals surface area (Å²) in [4.78, 5) is 0. The van der Waals surface area contributed by atoms with Gasteiger partial charge >= 0.3 is 0 Å². The number of hydrogen-bond acceptors (Lipinski definition) is 2. The van der Waals surface area contributed by atoms with Crippen molar-refractivity contribution in [1.29, 1.82) is 0 Å². The Kier molecular flexibility index (Phi) is 4.27. The van der Waals surface area contributed by atoms with Crippen molar-refractivity contribution in [3.05, 3.63) is 51.8 Å². The van der Waals surface area contributed by atoms with Crippen LogP contribution in [0.2, 0.25) is 10.0 Å². The van der Waals surface area contributed by atoms with Crippen molar-refractivity contribution < 1.29 is 5.11 Å². The quantitative estimate of drug-likeness (QED) is 0.930. The molecule has 0 radical (unpaired) electrons. The third-order valence-corrected chi connectivity index (χ3v) is 3.10. The molecular weight excluding hydrogens is 271 g/mol. The lowest BCUT2D eigenvalue weighted by Gasteiger charge is -2.14. The second kappa shape index (κ2) is 5.74. The Labute approximate surface area is 116 Å². The second-order valence-corrected chi connectivity index (χ2v) is 4.96. The van der Waals surface area contributed by atoms with Gasteiger partial charge in [-0.25, -0.2) is 0 Å². The van der Waals surface area contributed by atoms with E-state index in [2.05, 4.69) is 12.0 Å². The first-order chi connectivity index (χ1) is 8.61. The molecule has 0 amide bonds. The average Bonchev–Trinajstić information content (AvgIpc) is 2.75. The molecule has 1 heterocycles. The van der Waals surface area contributed by atoms with Crippen LogP contribution < -0.4 is 0 Å². The molecule has 5 heteroatoms. The first-order valence-corrected chi connectivity index (χ1v) is 6.53. The van der Waals surface area contributed by atoms with Crippen LogP contribution in [0.1, 0.15) is 30.7 Å². The molecule has 0 saturated carbocycles. The normalized spacial score (nSPS) is 12.7. The number of aromatic nitrogens is 2. The lowest BCUT2D eigenvalue weighted by atomic mass is 10.1. The lowest BCUT2D eigenvalue weighted by molar-refractivity contribution is 0.207. The summed E-state index contributed by atoms with van der Waals surface area (Å²) in [5.74, 6) is 0. The Balaban J connectivity index is 2.34. The van der Waals surface area contributed by atoms with E-state index >= 15 is 0 Å². The van der Waals surface area contributed by atoms with Crippen LogP contribution in [0.25, 0.3) is 0 Å². The molecule has 0 aliphatic carbocycles. The van der Waals surface area contributed by atoms with Gasteiger partial charge in [-0.3, -0.25) is 4.68 Å². The Morgan fingerprint density at radius 3 is 2.56 bits per heavy atom. The van der Waals surface area contributed by atoms with E-state index in [1.54, 1.807) is 35.1 Å². The third-order valence-electron chi connectivity index (χ3n) is 2.67. The van der Waals surface area contributed by atoms with Gasteiger partial charge in [0.15, 0.2) is 0 Å². The molecule has 0 fully saturated rings. The van der Waals surface area contributed by atoms with Gasteiger partial charge in [0, 0.05) is 22.8 Å². The van der Waals surface area contributed by atoms with Crippen molar-refractivity contribution in [2.75, 3.05) is 0 Å². The average molecular weight is 285 g/mol. The lowest BCUT2D eigenvalue weighted by Crippen LogP contribution is -2.10. The number of nitrogens with zero attached hydrogens (tertiary/aromatic N) is 2. The van der Waals surface area contributed by atoms with Crippen LogP contribution in [-0.2, 0) is 6.54 Å². The fourth-order valence-corrected chi connectivity index (χ4v) is 2.42. The van der Waals surface area contributed by atoms with Gasteiger partial charge in [-0.1, -0.05) is 30.1 Å². The van der Waals surface area contributed by atoms with E-state index in [0.717, 1.165) is 18.7 Å². The van der Waals surface area contributed by atoms with E-state index in [0.29, 0.717) is 15.6 Å². The molecule has 2 rings (SSSR count). The first kappa shape index (κ1) is 13.4. The molecule has 96 valence electrons. The Morgan fingerprint density at radius 1 is 1.28 bits per heavy atom. The van der Waals surface area contributed by atoms with Gasteiger partial charge in [-0.2, -0.15) is 5.10 Å². The summed E-state index contributed by atoms with van der Waals surface area (Å²) in [6.07, 6.45) is 1.87. The van der Waals surface area contributed by atoms with E-state index in [1.165, 1.54) is 0 Å². The largest absolute Gasteiger partial charge is 0.382 e. The molecular formula is C13H14Cl2N2O. The van der Waals surface area contributed by atoms with Crippen LogP contribution in [0.3, 0.4) is 0 Å². The Morgan fingerprint density at radius 2 is 1.94 bits per heavy atom. The molecule has 1 N–H and O–H groups in total. The highest BCUT2D eigenvalue weighted by Gasteiger charge is 2.16. The summed E-state index contributed by atoms with van der Waals surface area (Å²) in [6.45, 7) is 2.84. The second-order valence-electron chi connectivity index (χ2n) is 4.08. The van der Waals surface area contributed by atoms with Gasteiger partial charge in [-0.15, -0.1) is 0 Å². The standard InChI is InChI=1S/C13H14Cl2N2O/c1-2-5-17-12(3-4-16-17)13(18)9-6-10(14)8-11(15)7-9/h3-4,6-8,13,18H,2,5H2,1H3. The third kappa shape index (κ3) is 2.86. The highest BCUT2D eigenvalue weighted by Crippen LogP contribution is 2.27. The molecule has 18 heavy (non-hydrogen) atoms. The predicted octanol–water partition coefficient (Wildman–Crippen LogP) is 3.68. The van der Waals surface area contributed by atoms with Gasteiger partial charge < -0.3 is 5.11 Å². The number of rotatable bonds is 4. The van der Waals surface area contributed by atoms with Gasteiger partial charge in [-0.05, 0) is 36.2 Å². The van der Waals surface area contributed by atoms with Crippen molar-refractivity contribution in [1.82, 2.24) is 9.78 Å². The highest BCUT2D eigenvalue weighted by molar-refractivity contribution is 6.34. The minimum absolute atomic E-state index is 0.512. The highest BCUT2D eigenvalue weighted by atomic mass is 35.5. The zero-order valence-corrected chi connectivity index (χ0v) is 11.5. The monoisotopic (exact) mass is 284 g/mol. The van der Waals surface area contributed by atoms with Crippen LogP contribution in [0.4, 0.5) is 0 Å². The minimum atomic E-state index is -0.768. The van der Waals surface area contributed by atoms with Crippen molar-refractivity contribution in [2.24, 2.45) is 0 Å². The van der Waals surface area contributed by atoms with Gasteiger partial charge in [0.25, 0.3) is 0 Å². The molecule has 1 aromatic carbocycles. The van der Waals surface area contributed by atoms with Gasteiger partial charge in [0.05, 0.1) is 5.69 Å². The van der Waals surface area contributed by atoms with E-state index in [4.69, 9.17) is 23.2 Å². The van der Waals surface area contributed by atoms with Crippen LogP contribution in [0, 0.1) is 0 Å². The topological polar surface area (TPSA) is 38.0 Å². The maximum absolute atomic E-state index is 10.4. The maximum Gasteiger partial charge on any atom is 0.121 e. The van der Waals surface area contributed by atoms with Crippen LogP contribution in [-0.4, -0.2) is 14.9 Å². The van der Waals surface area contributed by atoms with E-state index < -0.39 is 6.10 Å². The molecule has 3 nitrogen and oxygen atoms in total. The molecule has 0 saturated heterocycles. The fraction of sp³-hybridized carbons (Fsp3) is 0.308. The Hall–Kier alpha value is -1.03. The van der Waals surface area contributed by atoms with Gasteiger partial charge in [0.1, 0.15) is 6.10 Å². The van der Waals surface area contributed by atoms with E-state index in [-0.39, 0.29) is 0 Å². The van der Waals surface area contributed by atoms with Crippen LogP contribution >= 0.6 is 23.2 Å². The summed E-state index contributed by atoms with van der Waals surface area (Å²) in [5.41, 5.74) is 1.42. The molecule has 0 aliphatic heterocycles. The summed E-state index contributed by atoms with van der Waals surface area (Å²) in [6, 6.07) is 6.86. The minimum Gasteiger partial charge on any atom is -0.382 e. The van der Waals surface area contributed by atoms with E-state index in [9.17, 15) is 5.11 Å². The van der Waals surface area contributed by atoms with Crippen LogP contribution in [0.15, 0.2) is 30.5 Å². The smallest absolute Gasteiger partial charge is 0.121 e. The van der Waals surface area contributed by atoms with Crippen molar-refractivity contribution in [3.8, 4) is 0 Å². The van der Waals surface area contributed by atoms with Crippen molar-refractivity contribution in [3.63, 3.8) is 0 Å². The molecule has 1 unspecified atom stereocenters. The molecule has 2 aromatic rings. The number of benzene rings is 1. The summed E-state index contributed by atoms with van der Waals surface area (Å²) in [7, 11) is 0. The number of halogens is 2. The predicted molar refractivity (Wildman–Crippen MR) is 73.0 cm³/mol. The Bertz CT molecular complexity index is 519. The van der Waals surface area contributed by atoms with E-state index in [1.807, 2.05) is 0 Å². The summed E-state index contributed by atoms with van der Waals surface area (Å²) >= 11 is 11.9. The molecule has 0 aliphatic rings. The number of hydrogen-bond donors (Lipinski definition) is 1. The molecule has 1 aromatic heterocycles. The zero-order chi connectivity index (χ0) is 13.1. The fourth-order valence-electron chi connectivity index (χ4n) is 1.88. The summed E-state index contributed by atoms with van der Waals surface area (Å²) in [5, 5.41) is 15.6. The number of aryl methyl sites for hydroxylation is 1.